The number of hydrogen-bond donors (Lipinski definition) is 2. The number of hydrogen-bond acceptors (Lipinski definition) is 3. The van der Waals surface area contributed by atoms with Crippen LogP contribution in [0.2, 0.25) is 0 Å². The predicted octanol–water partition coefficient (Wildman–Crippen LogP) is 1.43. The predicted molar refractivity (Wildman–Crippen MR) is 70.1 cm³/mol. The molecule has 0 saturated carbocycles. The standard InChI is InChI=1S/C13H19N3O/c1-15-11-4-2-3-5-12(11)16-8-6-10(7-9-16)13(14)17/h2-5,10,15H,6-9H2,1H3,(H2,14,17). The van der Waals surface area contributed by atoms with E-state index in [4.69, 9.17) is 5.73 Å². The summed E-state index contributed by atoms with van der Waals surface area (Å²) in [5.41, 5.74) is 7.67. The molecule has 0 atom stereocenters. The zero-order valence-corrected chi connectivity index (χ0v) is 10.1. The second kappa shape index (κ2) is 5.08. The van der Waals surface area contributed by atoms with Gasteiger partial charge in [-0.05, 0) is 25.0 Å². The number of anilines is 2. The fraction of sp³-hybridized carbons (Fsp3) is 0.462. The number of rotatable bonds is 3. The Bertz CT molecular complexity index is 397. The van der Waals surface area contributed by atoms with Gasteiger partial charge in [0.25, 0.3) is 0 Å². The maximum absolute atomic E-state index is 11.1. The molecule has 0 unspecified atom stereocenters. The minimum absolute atomic E-state index is 0.0491. The average Bonchev–Trinajstić information content (AvgIpc) is 2.39. The summed E-state index contributed by atoms with van der Waals surface area (Å²) in [5.74, 6) is -0.112. The Labute approximate surface area is 102 Å². The fourth-order valence-electron chi connectivity index (χ4n) is 2.37. The van der Waals surface area contributed by atoms with Crippen LogP contribution in [0.1, 0.15) is 12.8 Å². The summed E-state index contributed by atoms with van der Waals surface area (Å²) in [5, 5.41) is 3.19. The van der Waals surface area contributed by atoms with Gasteiger partial charge in [-0.2, -0.15) is 0 Å². The highest BCUT2D eigenvalue weighted by molar-refractivity contribution is 5.77. The van der Waals surface area contributed by atoms with Crippen molar-refractivity contribution in [1.29, 1.82) is 0 Å². The molecule has 0 bridgehead atoms. The van der Waals surface area contributed by atoms with Crippen molar-refractivity contribution in [3.8, 4) is 0 Å². The van der Waals surface area contributed by atoms with Crippen molar-refractivity contribution in [1.82, 2.24) is 0 Å². The number of primary amides is 1. The minimum atomic E-state index is -0.161. The van der Waals surface area contributed by atoms with Gasteiger partial charge in [-0.15, -0.1) is 0 Å². The molecule has 1 aliphatic heterocycles. The van der Waals surface area contributed by atoms with Crippen LogP contribution in [0.3, 0.4) is 0 Å². The molecule has 92 valence electrons. The van der Waals surface area contributed by atoms with Gasteiger partial charge >= 0.3 is 0 Å². The van der Waals surface area contributed by atoms with Crippen LogP contribution in [0.25, 0.3) is 0 Å². The van der Waals surface area contributed by atoms with E-state index in [1.54, 1.807) is 0 Å². The van der Waals surface area contributed by atoms with Crippen molar-refractivity contribution in [2.45, 2.75) is 12.8 Å². The molecule has 1 aromatic carbocycles. The number of piperidine rings is 1. The van der Waals surface area contributed by atoms with Crippen LogP contribution in [0.15, 0.2) is 24.3 Å². The van der Waals surface area contributed by atoms with Gasteiger partial charge in [0.1, 0.15) is 0 Å². The van der Waals surface area contributed by atoms with Gasteiger partial charge in [0.05, 0.1) is 11.4 Å². The van der Waals surface area contributed by atoms with E-state index < -0.39 is 0 Å². The number of benzene rings is 1. The highest BCUT2D eigenvalue weighted by Gasteiger charge is 2.23. The molecule has 0 spiro atoms. The van der Waals surface area contributed by atoms with Gasteiger partial charge in [0.2, 0.25) is 5.91 Å². The van der Waals surface area contributed by atoms with Crippen LogP contribution < -0.4 is 16.0 Å². The molecule has 1 heterocycles. The van der Waals surface area contributed by atoms with Crippen LogP contribution >= 0.6 is 0 Å². The SMILES string of the molecule is CNc1ccccc1N1CCC(C(N)=O)CC1. The normalized spacial score (nSPS) is 16.9. The van der Waals surface area contributed by atoms with Gasteiger partial charge in [-0.25, -0.2) is 0 Å². The third kappa shape index (κ3) is 2.52. The summed E-state index contributed by atoms with van der Waals surface area (Å²) in [6.45, 7) is 1.79. The largest absolute Gasteiger partial charge is 0.386 e. The Morgan fingerprint density at radius 2 is 2.00 bits per heavy atom. The van der Waals surface area contributed by atoms with Crippen LogP contribution in [0.4, 0.5) is 11.4 Å². The van der Waals surface area contributed by atoms with Crippen molar-refractivity contribution < 1.29 is 4.79 Å². The molecule has 4 nitrogen and oxygen atoms in total. The number of nitrogens with zero attached hydrogens (tertiary/aromatic N) is 1. The summed E-state index contributed by atoms with van der Waals surface area (Å²) < 4.78 is 0. The third-order valence-corrected chi connectivity index (χ3v) is 3.41. The molecule has 4 heteroatoms. The molecule has 3 N–H and O–H groups in total. The molecule has 1 fully saturated rings. The first-order valence-electron chi connectivity index (χ1n) is 6.03. The van der Waals surface area contributed by atoms with Crippen molar-refractivity contribution in [2.24, 2.45) is 11.7 Å². The lowest BCUT2D eigenvalue weighted by molar-refractivity contribution is -0.122. The first-order valence-corrected chi connectivity index (χ1v) is 6.03. The van der Waals surface area contributed by atoms with Gasteiger partial charge in [-0.1, -0.05) is 12.1 Å². The highest BCUT2D eigenvalue weighted by Crippen LogP contribution is 2.29. The summed E-state index contributed by atoms with van der Waals surface area (Å²) in [6.07, 6.45) is 1.71. The Hall–Kier alpha value is -1.71. The lowest BCUT2D eigenvalue weighted by atomic mass is 9.96. The van der Waals surface area contributed by atoms with E-state index in [1.165, 1.54) is 5.69 Å². The molecule has 2 rings (SSSR count). The number of carbonyl (C=O) groups is 1. The van der Waals surface area contributed by atoms with Gasteiger partial charge in [-0.3, -0.25) is 4.79 Å². The molecule has 0 aliphatic carbocycles. The van der Waals surface area contributed by atoms with Crippen molar-refractivity contribution in [2.75, 3.05) is 30.4 Å². The van der Waals surface area contributed by atoms with Crippen molar-refractivity contribution >= 4 is 17.3 Å². The van der Waals surface area contributed by atoms with E-state index in [1.807, 2.05) is 19.2 Å². The topological polar surface area (TPSA) is 58.4 Å². The number of nitrogens with one attached hydrogen (secondary N) is 1. The minimum Gasteiger partial charge on any atom is -0.386 e. The summed E-state index contributed by atoms with van der Waals surface area (Å²) in [6, 6.07) is 8.23. The molecule has 1 saturated heterocycles. The van der Waals surface area contributed by atoms with E-state index in [2.05, 4.69) is 22.3 Å². The second-order valence-corrected chi connectivity index (χ2v) is 4.43. The van der Waals surface area contributed by atoms with E-state index in [0.717, 1.165) is 31.6 Å². The summed E-state index contributed by atoms with van der Waals surface area (Å²) in [4.78, 5) is 13.4. The zero-order valence-electron chi connectivity index (χ0n) is 10.1. The maximum Gasteiger partial charge on any atom is 0.220 e. The first kappa shape index (κ1) is 11.8. The van der Waals surface area contributed by atoms with E-state index >= 15 is 0 Å². The Morgan fingerprint density at radius 3 is 2.59 bits per heavy atom. The zero-order chi connectivity index (χ0) is 12.3. The Morgan fingerprint density at radius 1 is 1.35 bits per heavy atom. The first-order chi connectivity index (χ1) is 8.22. The monoisotopic (exact) mass is 233 g/mol. The van der Waals surface area contributed by atoms with E-state index in [9.17, 15) is 4.79 Å². The van der Waals surface area contributed by atoms with Crippen LogP contribution in [-0.2, 0) is 4.79 Å². The van der Waals surface area contributed by atoms with Crippen molar-refractivity contribution in [3.05, 3.63) is 24.3 Å². The fourth-order valence-corrected chi connectivity index (χ4v) is 2.37. The van der Waals surface area contributed by atoms with Crippen molar-refractivity contribution in [3.63, 3.8) is 0 Å². The Kier molecular flexibility index (Phi) is 3.52. The molecule has 1 aromatic rings. The molecule has 1 aliphatic rings. The van der Waals surface area contributed by atoms with E-state index in [-0.39, 0.29) is 11.8 Å². The van der Waals surface area contributed by atoms with Crippen LogP contribution in [0.5, 0.6) is 0 Å². The smallest absolute Gasteiger partial charge is 0.220 e. The number of nitrogens with two attached hydrogens (primary N) is 1. The number of amides is 1. The van der Waals surface area contributed by atoms with Gasteiger partial charge < -0.3 is 16.0 Å². The molecule has 0 aromatic heterocycles. The summed E-state index contributed by atoms with van der Waals surface area (Å²) in [7, 11) is 1.93. The molecular weight excluding hydrogens is 214 g/mol. The van der Waals surface area contributed by atoms with Crippen LogP contribution in [-0.4, -0.2) is 26.0 Å². The van der Waals surface area contributed by atoms with Crippen LogP contribution in [0, 0.1) is 5.92 Å². The molecule has 1 amide bonds. The van der Waals surface area contributed by atoms with E-state index in [0.29, 0.717) is 0 Å². The summed E-state index contributed by atoms with van der Waals surface area (Å²) >= 11 is 0. The third-order valence-electron chi connectivity index (χ3n) is 3.41. The molecular formula is C13H19N3O. The molecule has 0 radical (unpaired) electrons. The maximum atomic E-state index is 11.1. The Balaban J connectivity index is 2.07. The highest BCUT2D eigenvalue weighted by atomic mass is 16.1. The number of para-hydroxylation sites is 2. The lowest BCUT2D eigenvalue weighted by Gasteiger charge is -2.33. The van der Waals surface area contributed by atoms with Gasteiger partial charge in [0, 0.05) is 26.1 Å². The number of carbonyl (C=O) groups excluding carboxylic acids is 1. The van der Waals surface area contributed by atoms with Gasteiger partial charge in [0.15, 0.2) is 0 Å². The second-order valence-electron chi connectivity index (χ2n) is 4.43. The quantitative estimate of drug-likeness (QED) is 0.830. The average molecular weight is 233 g/mol. The lowest BCUT2D eigenvalue weighted by Crippen LogP contribution is -2.38. The molecule has 17 heavy (non-hydrogen) atoms.